The maximum absolute atomic E-state index is 11.6. The molecule has 1 fully saturated rings. The summed E-state index contributed by atoms with van der Waals surface area (Å²) in [5, 5.41) is 11.2. The fourth-order valence-electron chi connectivity index (χ4n) is 1.31. The summed E-state index contributed by atoms with van der Waals surface area (Å²) in [6.07, 6.45) is 3.54. The summed E-state index contributed by atoms with van der Waals surface area (Å²) in [6.45, 7) is 4.19. The van der Waals surface area contributed by atoms with Crippen molar-refractivity contribution in [3.05, 3.63) is 12.7 Å². The third-order valence-corrected chi connectivity index (χ3v) is 2.21. The Morgan fingerprint density at radius 1 is 1.53 bits per heavy atom. The molecule has 0 unspecified atom stereocenters. The molecule has 0 aromatic carbocycles. The number of carbonyl (C=O) groups is 2. The predicted molar refractivity (Wildman–Crippen MR) is 55.6 cm³/mol. The van der Waals surface area contributed by atoms with Gasteiger partial charge in [-0.3, -0.25) is 4.79 Å². The van der Waals surface area contributed by atoms with Crippen molar-refractivity contribution in [3.8, 4) is 0 Å². The molecule has 0 aliphatic heterocycles. The highest BCUT2D eigenvalue weighted by atomic mass is 16.4. The van der Waals surface area contributed by atoms with Crippen LogP contribution in [-0.4, -0.2) is 41.1 Å². The molecule has 15 heavy (non-hydrogen) atoms. The lowest BCUT2D eigenvalue weighted by atomic mass is 10.4. The number of carboxylic acids is 1. The average molecular weight is 212 g/mol. The predicted octanol–water partition coefficient (Wildman–Crippen LogP) is 0.821. The summed E-state index contributed by atoms with van der Waals surface area (Å²) in [5.41, 5.74) is 0. The van der Waals surface area contributed by atoms with Gasteiger partial charge in [0.1, 0.15) is 0 Å². The second kappa shape index (κ2) is 5.38. The lowest BCUT2D eigenvalue weighted by Gasteiger charge is -2.21. The van der Waals surface area contributed by atoms with Crippen molar-refractivity contribution in [2.75, 3.05) is 13.1 Å². The van der Waals surface area contributed by atoms with E-state index in [2.05, 4.69) is 11.9 Å². The Labute approximate surface area is 88.8 Å². The van der Waals surface area contributed by atoms with Crippen molar-refractivity contribution in [2.45, 2.75) is 25.3 Å². The van der Waals surface area contributed by atoms with Crippen molar-refractivity contribution < 1.29 is 14.7 Å². The van der Waals surface area contributed by atoms with Gasteiger partial charge in [-0.1, -0.05) is 6.08 Å². The number of carboxylic acid groups (broad SMARTS) is 1. The summed E-state index contributed by atoms with van der Waals surface area (Å²) in [4.78, 5) is 23.6. The molecule has 2 amide bonds. The highest BCUT2D eigenvalue weighted by Gasteiger charge is 2.32. The Morgan fingerprint density at radius 3 is 2.67 bits per heavy atom. The zero-order valence-electron chi connectivity index (χ0n) is 8.61. The van der Waals surface area contributed by atoms with Gasteiger partial charge in [-0.15, -0.1) is 6.58 Å². The molecule has 5 nitrogen and oxygen atoms in total. The first-order valence-electron chi connectivity index (χ1n) is 5.02. The Bertz CT molecular complexity index is 261. The molecule has 0 aromatic rings. The van der Waals surface area contributed by atoms with Gasteiger partial charge in [0.05, 0.1) is 6.42 Å². The van der Waals surface area contributed by atoms with Gasteiger partial charge in [-0.05, 0) is 12.8 Å². The fourth-order valence-corrected chi connectivity index (χ4v) is 1.31. The first-order valence-corrected chi connectivity index (χ1v) is 5.02. The smallest absolute Gasteiger partial charge is 0.317 e. The topological polar surface area (TPSA) is 69.6 Å². The number of hydrogen-bond acceptors (Lipinski definition) is 2. The van der Waals surface area contributed by atoms with Crippen molar-refractivity contribution in [1.29, 1.82) is 0 Å². The first kappa shape index (κ1) is 11.6. The molecule has 0 atom stereocenters. The molecule has 0 spiro atoms. The third kappa shape index (κ3) is 4.01. The summed E-state index contributed by atoms with van der Waals surface area (Å²) < 4.78 is 0. The van der Waals surface area contributed by atoms with Crippen molar-refractivity contribution >= 4 is 12.0 Å². The minimum Gasteiger partial charge on any atom is -0.481 e. The minimum absolute atomic E-state index is 0.00197. The SMILES string of the molecule is C=CCNC(=O)N(CCC(=O)O)C1CC1. The number of aliphatic carboxylic acids is 1. The van der Waals surface area contributed by atoms with E-state index in [1.54, 1.807) is 11.0 Å². The van der Waals surface area contributed by atoms with Crippen molar-refractivity contribution in [3.63, 3.8) is 0 Å². The van der Waals surface area contributed by atoms with E-state index in [1.165, 1.54) is 0 Å². The molecule has 1 saturated carbocycles. The average Bonchev–Trinajstić information content (AvgIpc) is 2.98. The van der Waals surface area contributed by atoms with Crippen LogP contribution in [0.15, 0.2) is 12.7 Å². The van der Waals surface area contributed by atoms with E-state index in [-0.39, 0.29) is 25.0 Å². The van der Waals surface area contributed by atoms with Crippen LogP contribution >= 0.6 is 0 Å². The van der Waals surface area contributed by atoms with E-state index >= 15 is 0 Å². The number of urea groups is 1. The van der Waals surface area contributed by atoms with Crippen LogP contribution in [-0.2, 0) is 4.79 Å². The van der Waals surface area contributed by atoms with Crippen LogP contribution in [0.2, 0.25) is 0 Å². The second-order valence-corrected chi connectivity index (χ2v) is 3.54. The van der Waals surface area contributed by atoms with E-state index in [9.17, 15) is 9.59 Å². The quantitative estimate of drug-likeness (QED) is 0.640. The number of hydrogen-bond donors (Lipinski definition) is 2. The van der Waals surface area contributed by atoms with Gasteiger partial charge < -0.3 is 15.3 Å². The summed E-state index contributed by atoms with van der Waals surface area (Å²) >= 11 is 0. The number of nitrogens with one attached hydrogen (secondary N) is 1. The van der Waals surface area contributed by atoms with Gasteiger partial charge >= 0.3 is 12.0 Å². The minimum atomic E-state index is -0.878. The summed E-state index contributed by atoms with van der Waals surface area (Å²) in [7, 11) is 0. The maximum atomic E-state index is 11.6. The molecule has 5 heteroatoms. The van der Waals surface area contributed by atoms with Crippen LogP contribution in [0.25, 0.3) is 0 Å². The second-order valence-electron chi connectivity index (χ2n) is 3.54. The Hall–Kier alpha value is -1.52. The van der Waals surface area contributed by atoms with Gasteiger partial charge in [-0.2, -0.15) is 0 Å². The molecule has 1 aliphatic carbocycles. The Morgan fingerprint density at radius 2 is 2.20 bits per heavy atom. The van der Waals surface area contributed by atoms with Crippen LogP contribution in [0.3, 0.4) is 0 Å². The summed E-state index contributed by atoms with van der Waals surface area (Å²) in [6, 6.07) is 0.0350. The number of rotatable bonds is 6. The normalized spacial score (nSPS) is 14.4. The molecule has 0 saturated heterocycles. The molecular weight excluding hydrogens is 196 g/mol. The molecule has 0 heterocycles. The van der Waals surface area contributed by atoms with Crippen molar-refractivity contribution in [1.82, 2.24) is 10.2 Å². The van der Waals surface area contributed by atoms with E-state index in [1.807, 2.05) is 0 Å². The standard InChI is InChI=1S/C10H16N2O3/c1-2-6-11-10(15)12(8-3-4-8)7-5-9(13)14/h2,8H,1,3-7H2,(H,11,15)(H,13,14). The maximum Gasteiger partial charge on any atom is 0.317 e. The number of carbonyl (C=O) groups excluding carboxylic acids is 1. The third-order valence-electron chi connectivity index (χ3n) is 2.21. The van der Waals surface area contributed by atoms with Gasteiger partial charge in [0.2, 0.25) is 0 Å². The first-order chi connectivity index (χ1) is 7.15. The van der Waals surface area contributed by atoms with Gasteiger partial charge in [0.15, 0.2) is 0 Å². The van der Waals surface area contributed by atoms with E-state index in [4.69, 9.17) is 5.11 Å². The molecule has 1 aliphatic rings. The number of nitrogens with zero attached hydrogens (tertiary/aromatic N) is 1. The highest BCUT2D eigenvalue weighted by molar-refractivity contribution is 5.76. The fraction of sp³-hybridized carbons (Fsp3) is 0.600. The van der Waals surface area contributed by atoms with Crippen LogP contribution < -0.4 is 5.32 Å². The molecule has 84 valence electrons. The summed E-state index contributed by atoms with van der Waals surface area (Å²) in [5.74, 6) is -0.878. The molecule has 1 rings (SSSR count). The van der Waals surface area contributed by atoms with Gasteiger partial charge in [-0.25, -0.2) is 4.79 Å². The molecular formula is C10H16N2O3. The van der Waals surface area contributed by atoms with E-state index in [0.717, 1.165) is 12.8 Å². The zero-order valence-corrected chi connectivity index (χ0v) is 8.61. The van der Waals surface area contributed by atoms with E-state index < -0.39 is 5.97 Å². The van der Waals surface area contributed by atoms with Gasteiger partial charge in [0, 0.05) is 19.1 Å². The molecule has 0 aromatic heterocycles. The van der Waals surface area contributed by atoms with Crippen LogP contribution in [0.1, 0.15) is 19.3 Å². The zero-order chi connectivity index (χ0) is 11.3. The molecule has 0 bridgehead atoms. The number of amides is 2. The largest absolute Gasteiger partial charge is 0.481 e. The van der Waals surface area contributed by atoms with Crippen LogP contribution in [0, 0.1) is 0 Å². The lowest BCUT2D eigenvalue weighted by molar-refractivity contribution is -0.137. The van der Waals surface area contributed by atoms with Crippen LogP contribution in [0.5, 0.6) is 0 Å². The van der Waals surface area contributed by atoms with E-state index in [0.29, 0.717) is 6.54 Å². The van der Waals surface area contributed by atoms with Crippen LogP contribution in [0.4, 0.5) is 4.79 Å². The lowest BCUT2D eigenvalue weighted by Crippen LogP contribution is -2.42. The molecule has 2 N–H and O–H groups in total. The highest BCUT2D eigenvalue weighted by Crippen LogP contribution is 2.26. The van der Waals surface area contributed by atoms with Crippen molar-refractivity contribution in [2.24, 2.45) is 0 Å². The Kier molecular flexibility index (Phi) is 4.15. The monoisotopic (exact) mass is 212 g/mol. The molecule has 0 radical (unpaired) electrons. The van der Waals surface area contributed by atoms with Gasteiger partial charge in [0.25, 0.3) is 0 Å². The Balaban J connectivity index is 2.38.